The summed E-state index contributed by atoms with van der Waals surface area (Å²) < 4.78 is 11.0. The molecule has 0 saturated carbocycles. The van der Waals surface area contributed by atoms with Crippen molar-refractivity contribution < 1.29 is 18.8 Å². The Hall–Kier alpha value is -2.34. The van der Waals surface area contributed by atoms with Gasteiger partial charge in [-0.1, -0.05) is 57.2 Å². The van der Waals surface area contributed by atoms with E-state index < -0.39 is 14.4 Å². The molecule has 0 N–H and O–H groups in total. The molecule has 152 valence electrons. The molecule has 5 nitrogen and oxygen atoms in total. The molecule has 1 aromatic rings. The minimum absolute atomic E-state index is 0.0838. The van der Waals surface area contributed by atoms with Crippen molar-refractivity contribution in [3.63, 3.8) is 0 Å². The van der Waals surface area contributed by atoms with Crippen LogP contribution in [-0.4, -0.2) is 38.4 Å². The van der Waals surface area contributed by atoms with Gasteiger partial charge in [0.15, 0.2) is 0 Å². The third-order valence-corrected chi connectivity index (χ3v) is 9.72. The van der Waals surface area contributed by atoms with E-state index >= 15 is 0 Å². The molecular weight excluding hydrogens is 370 g/mol. The fourth-order valence-corrected chi connectivity index (χ4v) is 3.28. The van der Waals surface area contributed by atoms with Crippen LogP contribution in [0.25, 0.3) is 0 Å². The summed E-state index contributed by atoms with van der Waals surface area (Å²) in [5.74, 6) is -0.253. The Kier molecular flexibility index (Phi) is 7.24. The highest BCUT2D eigenvalue weighted by molar-refractivity contribution is 6.74. The highest BCUT2D eigenvalue weighted by atomic mass is 28.4. The van der Waals surface area contributed by atoms with E-state index in [0.717, 1.165) is 10.5 Å². The second kappa shape index (κ2) is 9.23. The van der Waals surface area contributed by atoms with Gasteiger partial charge in [-0.3, -0.25) is 4.79 Å². The van der Waals surface area contributed by atoms with E-state index in [2.05, 4.69) is 52.1 Å². The molecule has 1 aliphatic heterocycles. The minimum atomic E-state index is -1.86. The zero-order chi connectivity index (χ0) is 20.8. The Bertz CT molecular complexity index is 735. The van der Waals surface area contributed by atoms with Crippen LogP contribution in [0.15, 0.2) is 54.8 Å². The van der Waals surface area contributed by atoms with Crippen molar-refractivity contribution in [1.82, 2.24) is 4.90 Å². The van der Waals surface area contributed by atoms with E-state index in [1.165, 1.54) is 6.08 Å². The van der Waals surface area contributed by atoms with Gasteiger partial charge < -0.3 is 9.16 Å². The minimum Gasteiger partial charge on any atom is -0.549 e. The number of hydrogen-bond acceptors (Lipinski definition) is 4. The first-order chi connectivity index (χ1) is 13.1. The van der Waals surface area contributed by atoms with Crippen LogP contribution in [0.4, 0.5) is 4.79 Å². The lowest BCUT2D eigenvalue weighted by molar-refractivity contribution is -0.122. The van der Waals surface area contributed by atoms with Crippen molar-refractivity contribution in [2.45, 2.75) is 51.2 Å². The van der Waals surface area contributed by atoms with Crippen LogP contribution in [-0.2, 0) is 14.0 Å². The lowest BCUT2D eigenvalue weighted by Gasteiger charge is -2.35. The van der Waals surface area contributed by atoms with Gasteiger partial charge in [-0.25, -0.2) is 9.69 Å². The van der Waals surface area contributed by atoms with Gasteiger partial charge in [-0.05, 0) is 42.3 Å². The summed E-state index contributed by atoms with van der Waals surface area (Å²) in [6.07, 6.45) is 7.19. The van der Waals surface area contributed by atoms with Crippen molar-refractivity contribution >= 4 is 20.3 Å². The van der Waals surface area contributed by atoms with E-state index in [1.807, 2.05) is 30.5 Å². The van der Waals surface area contributed by atoms with Crippen LogP contribution < -0.4 is 0 Å². The number of carbonyl (C=O) groups is 2. The molecule has 6 heteroatoms. The smallest absolute Gasteiger partial charge is 0.416 e. The summed E-state index contributed by atoms with van der Waals surface area (Å²) in [5, 5.41) is 0.135. The maximum atomic E-state index is 12.1. The molecule has 1 heterocycles. The monoisotopic (exact) mass is 401 g/mol. The maximum absolute atomic E-state index is 12.1. The quantitative estimate of drug-likeness (QED) is 0.357. The second-order valence-electron chi connectivity index (χ2n) is 8.47. The van der Waals surface area contributed by atoms with Crippen LogP contribution in [0, 0.1) is 0 Å². The van der Waals surface area contributed by atoms with Gasteiger partial charge in [-0.2, -0.15) is 0 Å². The summed E-state index contributed by atoms with van der Waals surface area (Å²) in [5.41, 5.74) is 1.15. The summed E-state index contributed by atoms with van der Waals surface area (Å²) in [4.78, 5) is 24.7. The van der Waals surface area contributed by atoms with Gasteiger partial charge in [-0.15, -0.1) is 0 Å². The molecule has 2 rings (SSSR count). The first-order valence-electron chi connectivity index (χ1n) is 9.66. The Morgan fingerprint density at radius 1 is 1.29 bits per heavy atom. The van der Waals surface area contributed by atoms with Gasteiger partial charge in [0.2, 0.25) is 8.32 Å². The number of ether oxygens (including phenoxy) is 1. The number of amides is 2. The molecule has 0 unspecified atom stereocenters. The van der Waals surface area contributed by atoms with Gasteiger partial charge in [0.05, 0.1) is 12.8 Å². The number of rotatable bonds is 7. The highest BCUT2D eigenvalue weighted by Gasteiger charge is 2.38. The third kappa shape index (κ3) is 5.83. The van der Waals surface area contributed by atoms with E-state index in [9.17, 15) is 9.59 Å². The number of hydrogen-bond donors (Lipinski definition) is 0. The fourth-order valence-electron chi connectivity index (χ4n) is 2.51. The molecule has 1 aliphatic rings. The van der Waals surface area contributed by atoms with Crippen molar-refractivity contribution in [1.29, 1.82) is 0 Å². The molecule has 0 aliphatic carbocycles. The second-order valence-corrected chi connectivity index (χ2v) is 13.2. The number of benzene rings is 1. The van der Waals surface area contributed by atoms with Crippen LogP contribution in [0.1, 0.15) is 38.7 Å². The number of imide groups is 1. The van der Waals surface area contributed by atoms with Gasteiger partial charge in [0, 0.05) is 5.92 Å². The van der Waals surface area contributed by atoms with Crippen LogP contribution in [0.5, 0.6) is 0 Å². The van der Waals surface area contributed by atoms with E-state index in [4.69, 9.17) is 9.16 Å². The molecule has 28 heavy (non-hydrogen) atoms. The standard InChI is InChI=1S/C22H31NO4Si/c1-22(2,3)28(4,5)27-16-14-19(18-10-7-6-8-11-18)12-9-13-20(24)23-15-17-26-21(23)25/h6-11,13-14,16,19H,12,15,17H2,1-5H3/b13-9-,16-14+/t19-/m0/s1. The maximum Gasteiger partial charge on any atom is 0.416 e. The zero-order valence-electron chi connectivity index (χ0n) is 17.5. The normalized spacial score (nSPS) is 16.6. The van der Waals surface area contributed by atoms with Crippen molar-refractivity contribution in [2.75, 3.05) is 13.2 Å². The lowest BCUT2D eigenvalue weighted by Crippen LogP contribution is -2.39. The molecule has 1 fully saturated rings. The van der Waals surface area contributed by atoms with E-state index in [0.29, 0.717) is 13.0 Å². The van der Waals surface area contributed by atoms with E-state index in [-0.39, 0.29) is 23.5 Å². The highest BCUT2D eigenvalue weighted by Crippen LogP contribution is 2.37. The SMILES string of the molecule is CC(C)(C)[Si](C)(C)O/C=C/[C@H](C/C=C\C(=O)N1CCOC1=O)c1ccccc1. The average Bonchev–Trinajstić information content (AvgIpc) is 3.06. The molecule has 0 spiro atoms. The first kappa shape index (κ1) is 22.0. The van der Waals surface area contributed by atoms with E-state index in [1.54, 1.807) is 0 Å². The van der Waals surface area contributed by atoms with Gasteiger partial charge >= 0.3 is 6.09 Å². The predicted molar refractivity (Wildman–Crippen MR) is 113 cm³/mol. The van der Waals surface area contributed by atoms with Crippen LogP contribution in [0.2, 0.25) is 18.1 Å². The molecule has 1 aromatic carbocycles. The number of carbonyl (C=O) groups excluding carboxylic acids is 2. The van der Waals surface area contributed by atoms with Crippen LogP contribution in [0.3, 0.4) is 0 Å². The topological polar surface area (TPSA) is 55.8 Å². The number of cyclic esters (lactones) is 1. The molecule has 2 amide bonds. The van der Waals surface area contributed by atoms with Gasteiger partial charge in [0.1, 0.15) is 6.61 Å². The molecule has 1 saturated heterocycles. The van der Waals surface area contributed by atoms with Crippen molar-refractivity contribution in [3.05, 3.63) is 60.4 Å². The number of nitrogens with zero attached hydrogens (tertiary/aromatic N) is 1. The van der Waals surface area contributed by atoms with Gasteiger partial charge in [0.25, 0.3) is 5.91 Å². The lowest BCUT2D eigenvalue weighted by atomic mass is 9.95. The zero-order valence-corrected chi connectivity index (χ0v) is 18.5. The molecular formula is C22H31NO4Si. The summed E-state index contributed by atoms with van der Waals surface area (Å²) in [6.45, 7) is 11.6. The number of allylic oxidation sites excluding steroid dienone is 2. The van der Waals surface area contributed by atoms with Crippen LogP contribution >= 0.6 is 0 Å². The Morgan fingerprint density at radius 2 is 1.96 bits per heavy atom. The average molecular weight is 402 g/mol. The Balaban J connectivity index is 2.06. The predicted octanol–water partition coefficient (Wildman–Crippen LogP) is 5.23. The van der Waals surface area contributed by atoms with Crippen molar-refractivity contribution in [2.24, 2.45) is 0 Å². The molecule has 0 bridgehead atoms. The summed E-state index contributed by atoms with van der Waals surface area (Å²) in [6, 6.07) is 10.1. The Morgan fingerprint density at radius 3 is 2.54 bits per heavy atom. The summed E-state index contributed by atoms with van der Waals surface area (Å²) >= 11 is 0. The largest absolute Gasteiger partial charge is 0.549 e. The summed E-state index contributed by atoms with van der Waals surface area (Å²) in [7, 11) is -1.86. The van der Waals surface area contributed by atoms with Crippen molar-refractivity contribution in [3.8, 4) is 0 Å². The first-order valence-corrected chi connectivity index (χ1v) is 12.6. The molecule has 0 radical (unpaired) electrons. The molecule has 0 aromatic heterocycles. The third-order valence-electron chi connectivity index (χ3n) is 5.38. The Labute approximate surface area is 169 Å². The fraction of sp³-hybridized carbons (Fsp3) is 0.455. The molecule has 1 atom stereocenters.